The van der Waals surface area contributed by atoms with Crippen LogP contribution in [0.15, 0.2) is 0 Å². The van der Waals surface area contributed by atoms with E-state index >= 15 is 0 Å². The molecule has 0 aliphatic carbocycles. The van der Waals surface area contributed by atoms with Gasteiger partial charge in [-0.15, -0.1) is 0 Å². The van der Waals surface area contributed by atoms with Crippen molar-refractivity contribution in [2.75, 3.05) is 13.1 Å². The summed E-state index contributed by atoms with van der Waals surface area (Å²) in [5.41, 5.74) is -0.796. The Kier molecular flexibility index (Phi) is 6.27. The van der Waals surface area contributed by atoms with Crippen LogP contribution in [0.1, 0.15) is 59.8 Å². The van der Waals surface area contributed by atoms with Gasteiger partial charge in [-0.05, 0) is 66.0 Å². The van der Waals surface area contributed by atoms with Crippen LogP contribution in [0.4, 0.5) is 0 Å². The Balaban J connectivity index is 2.42. The maximum atomic E-state index is 11.4. The van der Waals surface area contributed by atoms with Crippen LogP contribution in [0.25, 0.3) is 0 Å². The lowest BCUT2D eigenvalue weighted by atomic mass is 9.94. The van der Waals surface area contributed by atoms with Gasteiger partial charge in [-0.1, -0.05) is 6.92 Å². The van der Waals surface area contributed by atoms with E-state index in [1.165, 1.54) is 25.8 Å². The van der Waals surface area contributed by atoms with Crippen molar-refractivity contribution >= 4 is 5.97 Å². The molecule has 0 aromatic heterocycles. The van der Waals surface area contributed by atoms with E-state index in [4.69, 9.17) is 0 Å². The smallest absolute Gasteiger partial charge is 0.323 e. The van der Waals surface area contributed by atoms with Crippen molar-refractivity contribution in [3.8, 4) is 0 Å². The van der Waals surface area contributed by atoms with Crippen LogP contribution in [0.5, 0.6) is 0 Å². The molecule has 1 aliphatic rings. The molecule has 1 heterocycles. The highest BCUT2D eigenvalue weighted by atomic mass is 16.4. The molecule has 2 N–H and O–H groups in total. The second-order valence-electron chi connectivity index (χ2n) is 6.28. The molecule has 112 valence electrons. The van der Waals surface area contributed by atoms with Crippen molar-refractivity contribution < 1.29 is 9.90 Å². The molecule has 4 nitrogen and oxygen atoms in total. The Labute approximate surface area is 117 Å². The minimum Gasteiger partial charge on any atom is -0.480 e. The standard InChI is InChI=1S/C15H30N2O2/c1-5-13-8-6-10-17(13)11-7-9-15(4,14(18)19)16-12(2)3/h12-13,16H,5-11H2,1-4H3,(H,18,19). The maximum Gasteiger partial charge on any atom is 0.323 e. The molecule has 0 bridgehead atoms. The van der Waals surface area contributed by atoms with Gasteiger partial charge in [-0.3, -0.25) is 10.1 Å². The highest BCUT2D eigenvalue weighted by Crippen LogP contribution is 2.21. The topological polar surface area (TPSA) is 52.6 Å². The number of carboxylic acids is 1. The zero-order valence-corrected chi connectivity index (χ0v) is 12.9. The largest absolute Gasteiger partial charge is 0.480 e. The minimum absolute atomic E-state index is 0.191. The summed E-state index contributed by atoms with van der Waals surface area (Å²) in [5, 5.41) is 12.6. The first kappa shape index (κ1) is 16.4. The lowest BCUT2D eigenvalue weighted by Gasteiger charge is -2.30. The normalized spacial score (nSPS) is 23.7. The van der Waals surface area contributed by atoms with Gasteiger partial charge in [0.1, 0.15) is 5.54 Å². The molecular formula is C15H30N2O2. The predicted molar refractivity (Wildman–Crippen MR) is 78.4 cm³/mol. The molecule has 19 heavy (non-hydrogen) atoms. The van der Waals surface area contributed by atoms with Crippen molar-refractivity contribution in [2.24, 2.45) is 0 Å². The lowest BCUT2D eigenvalue weighted by molar-refractivity contribution is -0.144. The third-order valence-electron chi connectivity index (χ3n) is 4.17. The number of likely N-dealkylation sites (tertiary alicyclic amines) is 1. The van der Waals surface area contributed by atoms with Crippen LogP contribution in [-0.4, -0.2) is 46.7 Å². The summed E-state index contributed by atoms with van der Waals surface area (Å²) < 4.78 is 0. The zero-order valence-electron chi connectivity index (χ0n) is 12.9. The van der Waals surface area contributed by atoms with Gasteiger partial charge in [0.25, 0.3) is 0 Å². The zero-order chi connectivity index (χ0) is 14.5. The number of hydrogen-bond acceptors (Lipinski definition) is 3. The van der Waals surface area contributed by atoms with E-state index in [9.17, 15) is 9.90 Å². The lowest BCUT2D eigenvalue weighted by Crippen LogP contribution is -2.52. The highest BCUT2D eigenvalue weighted by Gasteiger charge is 2.33. The van der Waals surface area contributed by atoms with Crippen molar-refractivity contribution in [1.29, 1.82) is 0 Å². The number of rotatable bonds is 8. The van der Waals surface area contributed by atoms with Gasteiger partial charge in [0.05, 0.1) is 0 Å². The van der Waals surface area contributed by atoms with E-state index < -0.39 is 11.5 Å². The van der Waals surface area contributed by atoms with Gasteiger partial charge >= 0.3 is 5.97 Å². The molecule has 2 unspecified atom stereocenters. The quantitative estimate of drug-likeness (QED) is 0.711. The Bertz CT molecular complexity index is 294. The van der Waals surface area contributed by atoms with Crippen LogP contribution in [0.2, 0.25) is 0 Å². The van der Waals surface area contributed by atoms with E-state index in [-0.39, 0.29) is 6.04 Å². The number of carbonyl (C=O) groups is 1. The fourth-order valence-corrected chi connectivity index (χ4v) is 3.17. The molecule has 0 radical (unpaired) electrons. The molecule has 1 aliphatic heterocycles. The molecule has 0 saturated carbocycles. The molecule has 1 rings (SSSR count). The Morgan fingerprint density at radius 3 is 2.74 bits per heavy atom. The van der Waals surface area contributed by atoms with Gasteiger partial charge in [0, 0.05) is 12.1 Å². The maximum absolute atomic E-state index is 11.4. The third kappa shape index (κ3) is 4.77. The minimum atomic E-state index is -0.796. The second kappa shape index (κ2) is 7.25. The summed E-state index contributed by atoms with van der Waals surface area (Å²) >= 11 is 0. The molecule has 0 amide bonds. The summed E-state index contributed by atoms with van der Waals surface area (Å²) in [6.45, 7) is 10.2. The van der Waals surface area contributed by atoms with Crippen molar-refractivity contribution in [1.82, 2.24) is 10.2 Å². The second-order valence-corrected chi connectivity index (χ2v) is 6.28. The number of aliphatic carboxylic acids is 1. The van der Waals surface area contributed by atoms with Gasteiger partial charge in [0.2, 0.25) is 0 Å². The summed E-state index contributed by atoms with van der Waals surface area (Å²) in [4.78, 5) is 14.0. The summed E-state index contributed by atoms with van der Waals surface area (Å²) in [6, 6.07) is 0.908. The van der Waals surface area contributed by atoms with Crippen LogP contribution >= 0.6 is 0 Å². The highest BCUT2D eigenvalue weighted by molar-refractivity contribution is 5.78. The molecule has 0 aromatic carbocycles. The molecule has 2 atom stereocenters. The molecular weight excluding hydrogens is 240 g/mol. The Morgan fingerprint density at radius 2 is 2.21 bits per heavy atom. The number of carboxylic acid groups (broad SMARTS) is 1. The Morgan fingerprint density at radius 1 is 1.53 bits per heavy atom. The van der Waals surface area contributed by atoms with Crippen LogP contribution in [-0.2, 0) is 4.79 Å². The summed E-state index contributed by atoms with van der Waals surface area (Å²) in [5.74, 6) is -0.741. The first-order valence-corrected chi connectivity index (χ1v) is 7.64. The van der Waals surface area contributed by atoms with Gasteiger partial charge in [-0.2, -0.15) is 0 Å². The van der Waals surface area contributed by atoms with Gasteiger partial charge < -0.3 is 10.0 Å². The van der Waals surface area contributed by atoms with Crippen molar-refractivity contribution in [3.05, 3.63) is 0 Å². The third-order valence-corrected chi connectivity index (χ3v) is 4.17. The van der Waals surface area contributed by atoms with Crippen LogP contribution in [0.3, 0.4) is 0 Å². The molecule has 0 aromatic rings. The number of nitrogens with one attached hydrogen (secondary N) is 1. The summed E-state index contributed by atoms with van der Waals surface area (Å²) in [6.07, 6.45) is 5.43. The predicted octanol–water partition coefficient (Wildman–Crippen LogP) is 2.48. The summed E-state index contributed by atoms with van der Waals surface area (Å²) in [7, 11) is 0. The molecule has 1 saturated heterocycles. The molecule has 0 spiro atoms. The van der Waals surface area contributed by atoms with E-state index in [0.717, 1.165) is 13.0 Å². The van der Waals surface area contributed by atoms with Crippen LogP contribution in [0, 0.1) is 0 Å². The first-order valence-electron chi connectivity index (χ1n) is 7.64. The van der Waals surface area contributed by atoms with Crippen molar-refractivity contribution in [3.63, 3.8) is 0 Å². The first-order chi connectivity index (χ1) is 8.89. The van der Waals surface area contributed by atoms with E-state index in [2.05, 4.69) is 17.1 Å². The average Bonchev–Trinajstić information content (AvgIpc) is 2.75. The van der Waals surface area contributed by atoms with E-state index in [1.807, 2.05) is 13.8 Å². The molecule has 4 heteroatoms. The monoisotopic (exact) mass is 270 g/mol. The fraction of sp³-hybridized carbons (Fsp3) is 0.933. The van der Waals surface area contributed by atoms with Crippen LogP contribution < -0.4 is 5.32 Å². The van der Waals surface area contributed by atoms with Crippen molar-refractivity contribution in [2.45, 2.75) is 77.4 Å². The SMILES string of the molecule is CCC1CCCN1CCCC(C)(NC(C)C)C(=O)O. The Hall–Kier alpha value is -0.610. The van der Waals surface area contributed by atoms with Gasteiger partial charge in [0.15, 0.2) is 0 Å². The van der Waals surface area contributed by atoms with E-state index in [0.29, 0.717) is 12.5 Å². The fourth-order valence-electron chi connectivity index (χ4n) is 3.17. The number of nitrogens with zero attached hydrogens (tertiary/aromatic N) is 1. The van der Waals surface area contributed by atoms with E-state index in [1.54, 1.807) is 6.92 Å². The van der Waals surface area contributed by atoms with Gasteiger partial charge in [-0.25, -0.2) is 0 Å². The average molecular weight is 270 g/mol. The molecule has 1 fully saturated rings. The number of hydrogen-bond donors (Lipinski definition) is 2.